The Morgan fingerprint density at radius 1 is 1.07 bits per heavy atom. The summed E-state index contributed by atoms with van der Waals surface area (Å²) in [5, 5.41) is 9.96. The van der Waals surface area contributed by atoms with Gasteiger partial charge in [-0.25, -0.2) is 0 Å². The van der Waals surface area contributed by atoms with Crippen molar-refractivity contribution in [1.29, 1.82) is 0 Å². The fraction of sp³-hybridized carbons (Fsp3) is 0.273. The second-order valence-electron chi connectivity index (χ2n) is 6.38. The van der Waals surface area contributed by atoms with Crippen LogP contribution in [0.1, 0.15) is 42.7 Å². The number of H-pyrrole nitrogens is 1. The standard InChI is InChI=1S/C22H25N3O2/c1-3-5-6-16-7-11-18(12-8-16)23-22(26)21-15-20(24-25-21)17-9-13-19(14-10-17)27-4-2/h7-15H,3-6H2,1-2H3,(H,23,26)(H,24,25). The number of anilines is 1. The van der Waals surface area contributed by atoms with E-state index in [1.807, 2.05) is 43.3 Å². The highest BCUT2D eigenvalue weighted by molar-refractivity contribution is 6.03. The minimum absolute atomic E-state index is 0.207. The average molecular weight is 363 g/mol. The smallest absolute Gasteiger partial charge is 0.273 e. The number of aromatic amines is 1. The average Bonchev–Trinajstić information content (AvgIpc) is 3.19. The molecule has 1 amide bonds. The molecule has 3 rings (SSSR count). The van der Waals surface area contributed by atoms with E-state index in [-0.39, 0.29) is 5.91 Å². The van der Waals surface area contributed by atoms with Crippen molar-refractivity contribution in [2.75, 3.05) is 11.9 Å². The van der Waals surface area contributed by atoms with Crippen molar-refractivity contribution in [2.24, 2.45) is 0 Å². The summed E-state index contributed by atoms with van der Waals surface area (Å²) in [7, 11) is 0. The molecule has 0 saturated carbocycles. The number of carbonyl (C=O) groups is 1. The van der Waals surface area contributed by atoms with Crippen LogP contribution >= 0.6 is 0 Å². The maximum atomic E-state index is 12.5. The Balaban J connectivity index is 1.64. The summed E-state index contributed by atoms with van der Waals surface area (Å²) >= 11 is 0. The number of aryl methyl sites for hydroxylation is 1. The molecule has 1 heterocycles. The van der Waals surface area contributed by atoms with E-state index in [0.29, 0.717) is 12.3 Å². The molecule has 0 saturated heterocycles. The zero-order chi connectivity index (χ0) is 19.1. The fourth-order valence-electron chi connectivity index (χ4n) is 2.81. The Hall–Kier alpha value is -3.08. The molecule has 1 aromatic heterocycles. The van der Waals surface area contributed by atoms with E-state index in [0.717, 1.165) is 29.1 Å². The summed E-state index contributed by atoms with van der Waals surface area (Å²) in [5.74, 6) is 0.609. The highest BCUT2D eigenvalue weighted by Crippen LogP contribution is 2.22. The molecular weight excluding hydrogens is 338 g/mol. The van der Waals surface area contributed by atoms with Gasteiger partial charge in [0.15, 0.2) is 0 Å². The lowest BCUT2D eigenvalue weighted by molar-refractivity contribution is 0.102. The Morgan fingerprint density at radius 3 is 2.48 bits per heavy atom. The van der Waals surface area contributed by atoms with Crippen molar-refractivity contribution in [3.05, 3.63) is 65.9 Å². The fourth-order valence-corrected chi connectivity index (χ4v) is 2.81. The molecule has 0 spiro atoms. The molecule has 3 aromatic rings. The van der Waals surface area contributed by atoms with Crippen LogP contribution in [0.3, 0.4) is 0 Å². The molecule has 5 heteroatoms. The van der Waals surface area contributed by atoms with Gasteiger partial charge in [0.1, 0.15) is 11.4 Å². The molecule has 27 heavy (non-hydrogen) atoms. The predicted molar refractivity (Wildman–Crippen MR) is 108 cm³/mol. The number of amides is 1. The number of rotatable bonds is 8. The first-order valence-corrected chi connectivity index (χ1v) is 9.38. The van der Waals surface area contributed by atoms with Crippen LogP contribution in [0.5, 0.6) is 5.75 Å². The van der Waals surface area contributed by atoms with Crippen LogP contribution in [0, 0.1) is 0 Å². The number of nitrogens with zero attached hydrogens (tertiary/aromatic N) is 1. The Morgan fingerprint density at radius 2 is 1.81 bits per heavy atom. The summed E-state index contributed by atoms with van der Waals surface area (Å²) in [6.45, 7) is 4.76. The van der Waals surface area contributed by atoms with Gasteiger partial charge in [0.2, 0.25) is 0 Å². The predicted octanol–water partition coefficient (Wildman–Crippen LogP) is 5.07. The maximum Gasteiger partial charge on any atom is 0.273 e. The molecule has 0 bridgehead atoms. The van der Waals surface area contributed by atoms with Crippen molar-refractivity contribution in [3.63, 3.8) is 0 Å². The zero-order valence-corrected chi connectivity index (χ0v) is 15.8. The second-order valence-corrected chi connectivity index (χ2v) is 6.38. The normalized spacial score (nSPS) is 10.6. The number of carbonyl (C=O) groups excluding carboxylic acids is 1. The molecule has 0 fully saturated rings. The molecule has 0 aliphatic rings. The molecule has 0 unspecified atom stereocenters. The lowest BCUT2D eigenvalue weighted by Gasteiger charge is -2.05. The van der Waals surface area contributed by atoms with Crippen LogP contribution < -0.4 is 10.1 Å². The molecule has 140 valence electrons. The van der Waals surface area contributed by atoms with E-state index in [1.165, 1.54) is 18.4 Å². The first-order valence-electron chi connectivity index (χ1n) is 9.38. The molecule has 0 atom stereocenters. The van der Waals surface area contributed by atoms with E-state index >= 15 is 0 Å². The lowest BCUT2D eigenvalue weighted by Crippen LogP contribution is -2.12. The van der Waals surface area contributed by atoms with E-state index in [9.17, 15) is 4.79 Å². The van der Waals surface area contributed by atoms with Gasteiger partial charge in [-0.1, -0.05) is 25.5 Å². The van der Waals surface area contributed by atoms with E-state index in [4.69, 9.17) is 4.74 Å². The van der Waals surface area contributed by atoms with Gasteiger partial charge in [-0.05, 0) is 67.8 Å². The van der Waals surface area contributed by atoms with E-state index in [1.54, 1.807) is 6.07 Å². The summed E-state index contributed by atoms with van der Waals surface area (Å²) in [5.41, 5.74) is 4.13. The van der Waals surface area contributed by atoms with Crippen molar-refractivity contribution < 1.29 is 9.53 Å². The number of hydrogen-bond donors (Lipinski definition) is 2. The number of aromatic nitrogens is 2. The van der Waals surface area contributed by atoms with Crippen LogP contribution in [0.15, 0.2) is 54.6 Å². The number of nitrogens with one attached hydrogen (secondary N) is 2. The van der Waals surface area contributed by atoms with Crippen molar-refractivity contribution in [3.8, 4) is 17.0 Å². The van der Waals surface area contributed by atoms with Crippen LogP contribution in [0.4, 0.5) is 5.69 Å². The van der Waals surface area contributed by atoms with Gasteiger partial charge < -0.3 is 10.1 Å². The topological polar surface area (TPSA) is 67.0 Å². The van der Waals surface area contributed by atoms with Crippen molar-refractivity contribution in [1.82, 2.24) is 10.2 Å². The van der Waals surface area contributed by atoms with Gasteiger partial charge in [0, 0.05) is 11.3 Å². The van der Waals surface area contributed by atoms with E-state index < -0.39 is 0 Å². The summed E-state index contributed by atoms with van der Waals surface area (Å²) in [6.07, 6.45) is 3.42. The summed E-state index contributed by atoms with van der Waals surface area (Å²) in [6, 6.07) is 17.4. The second kappa shape index (κ2) is 9.03. The van der Waals surface area contributed by atoms with Crippen molar-refractivity contribution in [2.45, 2.75) is 33.1 Å². The zero-order valence-electron chi connectivity index (χ0n) is 15.8. The molecule has 2 aromatic carbocycles. The summed E-state index contributed by atoms with van der Waals surface area (Å²) in [4.78, 5) is 12.5. The van der Waals surface area contributed by atoms with Gasteiger partial charge in [0.25, 0.3) is 5.91 Å². The largest absolute Gasteiger partial charge is 0.494 e. The highest BCUT2D eigenvalue weighted by atomic mass is 16.5. The van der Waals surface area contributed by atoms with Crippen molar-refractivity contribution >= 4 is 11.6 Å². The van der Waals surface area contributed by atoms with Gasteiger partial charge in [0.05, 0.1) is 12.3 Å². The Labute approximate surface area is 159 Å². The van der Waals surface area contributed by atoms with Crippen LogP contribution in [-0.2, 0) is 6.42 Å². The third-order valence-corrected chi connectivity index (χ3v) is 4.31. The minimum Gasteiger partial charge on any atom is -0.494 e. The Kier molecular flexibility index (Phi) is 6.26. The van der Waals surface area contributed by atoms with Crippen LogP contribution in [0.25, 0.3) is 11.3 Å². The third kappa shape index (κ3) is 4.97. The monoisotopic (exact) mass is 363 g/mol. The first kappa shape index (κ1) is 18.7. The van der Waals surface area contributed by atoms with Gasteiger partial charge >= 0.3 is 0 Å². The molecule has 0 aliphatic heterocycles. The maximum absolute atomic E-state index is 12.5. The van der Waals surface area contributed by atoms with Gasteiger partial charge in [-0.15, -0.1) is 0 Å². The molecule has 0 radical (unpaired) electrons. The number of unbranched alkanes of at least 4 members (excludes halogenated alkanes) is 1. The van der Waals surface area contributed by atoms with Crippen LogP contribution in [0.2, 0.25) is 0 Å². The minimum atomic E-state index is -0.207. The summed E-state index contributed by atoms with van der Waals surface area (Å²) < 4.78 is 5.44. The SMILES string of the molecule is CCCCc1ccc(NC(=O)c2cc(-c3ccc(OCC)cc3)n[nH]2)cc1. The Bertz CT molecular complexity index is 867. The third-order valence-electron chi connectivity index (χ3n) is 4.31. The first-order chi connectivity index (χ1) is 13.2. The quantitative estimate of drug-likeness (QED) is 0.587. The molecule has 2 N–H and O–H groups in total. The number of ether oxygens (including phenoxy) is 1. The van der Waals surface area contributed by atoms with Crippen LogP contribution in [-0.4, -0.2) is 22.7 Å². The van der Waals surface area contributed by atoms with E-state index in [2.05, 4.69) is 34.6 Å². The molecule has 5 nitrogen and oxygen atoms in total. The molecular formula is C22H25N3O2. The van der Waals surface area contributed by atoms with Gasteiger partial charge in [-0.3, -0.25) is 9.89 Å². The molecule has 0 aliphatic carbocycles. The number of benzene rings is 2. The van der Waals surface area contributed by atoms with Gasteiger partial charge in [-0.2, -0.15) is 5.10 Å². The lowest BCUT2D eigenvalue weighted by atomic mass is 10.1. The highest BCUT2D eigenvalue weighted by Gasteiger charge is 2.11. The number of hydrogen-bond acceptors (Lipinski definition) is 3.